The summed E-state index contributed by atoms with van der Waals surface area (Å²) >= 11 is 0. The highest BCUT2D eigenvalue weighted by molar-refractivity contribution is 5.86. The van der Waals surface area contributed by atoms with Gasteiger partial charge in [-0.1, -0.05) is 32.6 Å². The molecule has 34 heavy (non-hydrogen) atoms. The van der Waals surface area contributed by atoms with Gasteiger partial charge in [0.05, 0.1) is 33.9 Å². The molecular formula is C26H35N3O5. The third kappa shape index (κ3) is 6.08. The number of carbonyl (C=O) groups excluding carboxylic acids is 2. The number of amides is 1. The fourth-order valence-corrected chi connectivity index (χ4v) is 3.86. The first-order valence-electron chi connectivity index (χ1n) is 11.2. The number of ether oxygens (including phenoxy) is 3. The maximum absolute atomic E-state index is 12.5. The van der Waals surface area contributed by atoms with Gasteiger partial charge >= 0.3 is 5.97 Å². The Morgan fingerprint density at radius 1 is 1.03 bits per heavy atom. The molecule has 1 aliphatic rings. The summed E-state index contributed by atoms with van der Waals surface area (Å²) in [5.74, 6) is 0.488. The van der Waals surface area contributed by atoms with Crippen molar-refractivity contribution in [1.82, 2.24) is 16.0 Å². The highest BCUT2D eigenvalue weighted by atomic mass is 16.5. The van der Waals surface area contributed by atoms with Crippen molar-refractivity contribution in [2.75, 3.05) is 34.9 Å². The van der Waals surface area contributed by atoms with Gasteiger partial charge in [-0.3, -0.25) is 4.79 Å². The lowest BCUT2D eigenvalue weighted by Gasteiger charge is -2.24. The largest absolute Gasteiger partial charge is 0.496 e. The standard InChI is InChI=1S/C24H29N3O5.C2H6/c1-14-23(25-2)16-7-9-21(31-4)18(12-16)17-10-15(6-8-20(17)30-3)11-19(24(29)32-5)27-22(28)13-26-14;1-2/h6-10,12,19,23,25-26H,1,11,13H2,2-5H3,(H,27,28);1-2H3/t19-,23?;/m0./s1. The van der Waals surface area contributed by atoms with Crippen LogP contribution in [0.25, 0.3) is 11.1 Å². The Morgan fingerprint density at radius 2 is 1.65 bits per heavy atom. The quantitative estimate of drug-likeness (QED) is 0.592. The van der Waals surface area contributed by atoms with Gasteiger partial charge in [-0.25, -0.2) is 4.79 Å². The lowest BCUT2D eigenvalue weighted by Crippen LogP contribution is -2.46. The Bertz CT molecular complexity index is 1020. The minimum atomic E-state index is -0.833. The molecule has 0 aromatic heterocycles. The monoisotopic (exact) mass is 469 g/mol. The second-order valence-corrected chi connectivity index (χ2v) is 7.44. The number of nitrogens with one attached hydrogen (secondary N) is 3. The van der Waals surface area contributed by atoms with E-state index in [2.05, 4.69) is 22.5 Å². The number of esters is 1. The molecule has 0 saturated carbocycles. The second kappa shape index (κ2) is 12.6. The van der Waals surface area contributed by atoms with Crippen LogP contribution in [-0.2, 0) is 20.7 Å². The van der Waals surface area contributed by atoms with E-state index in [0.717, 1.165) is 22.3 Å². The summed E-state index contributed by atoms with van der Waals surface area (Å²) in [5, 5.41) is 9.03. The van der Waals surface area contributed by atoms with Crippen molar-refractivity contribution in [3.05, 3.63) is 59.8 Å². The van der Waals surface area contributed by atoms with E-state index >= 15 is 0 Å². The first kappa shape index (κ1) is 26.7. The van der Waals surface area contributed by atoms with Gasteiger partial charge in [0.2, 0.25) is 5.91 Å². The molecule has 1 aliphatic heterocycles. The van der Waals surface area contributed by atoms with Gasteiger partial charge in [0.15, 0.2) is 0 Å². The molecule has 2 aromatic rings. The summed E-state index contributed by atoms with van der Waals surface area (Å²) in [6.07, 6.45) is 0.261. The highest BCUT2D eigenvalue weighted by Crippen LogP contribution is 2.39. The van der Waals surface area contributed by atoms with Crippen LogP contribution in [0.5, 0.6) is 11.5 Å². The molecule has 2 atom stereocenters. The number of benzene rings is 2. The zero-order chi connectivity index (χ0) is 25.3. The molecule has 0 aliphatic carbocycles. The van der Waals surface area contributed by atoms with E-state index in [0.29, 0.717) is 17.2 Å². The molecule has 0 radical (unpaired) electrons. The van der Waals surface area contributed by atoms with Crippen LogP contribution in [0.1, 0.15) is 31.0 Å². The van der Waals surface area contributed by atoms with E-state index in [-0.39, 0.29) is 24.9 Å². The van der Waals surface area contributed by atoms with Gasteiger partial charge in [-0.15, -0.1) is 0 Å². The first-order valence-corrected chi connectivity index (χ1v) is 11.2. The third-order valence-corrected chi connectivity index (χ3v) is 5.48. The fraction of sp³-hybridized carbons (Fsp3) is 0.385. The Kier molecular flexibility index (Phi) is 9.94. The molecule has 0 spiro atoms. The number of hydrogen-bond donors (Lipinski definition) is 3. The molecule has 1 heterocycles. The number of likely N-dealkylation sites (N-methyl/N-ethyl adjacent to an activating group) is 1. The van der Waals surface area contributed by atoms with Gasteiger partial charge in [0.1, 0.15) is 17.5 Å². The molecule has 4 bridgehead atoms. The molecule has 3 rings (SSSR count). The topological polar surface area (TPSA) is 97.9 Å². The fourth-order valence-electron chi connectivity index (χ4n) is 3.86. The van der Waals surface area contributed by atoms with Crippen molar-refractivity contribution < 1.29 is 23.8 Å². The first-order chi connectivity index (χ1) is 16.4. The van der Waals surface area contributed by atoms with Crippen LogP contribution in [-0.4, -0.2) is 52.8 Å². The molecule has 2 aromatic carbocycles. The van der Waals surface area contributed by atoms with Gasteiger partial charge in [-0.2, -0.15) is 0 Å². The molecule has 1 amide bonds. The van der Waals surface area contributed by atoms with Crippen molar-refractivity contribution in [3.63, 3.8) is 0 Å². The number of fused-ring (bicyclic) bond motifs is 5. The Labute approximate surface area is 201 Å². The molecule has 0 saturated heterocycles. The minimum Gasteiger partial charge on any atom is -0.496 e. The number of rotatable bonds is 4. The minimum absolute atomic E-state index is 0.0264. The number of methoxy groups -OCH3 is 3. The molecule has 8 heteroatoms. The SMILES string of the molecule is C=C1NCC(=O)N[C@H](C(=O)OC)Cc2ccc(OC)c(c2)-c2cc(ccc2OC)C1NC.CC. The van der Waals surface area contributed by atoms with Gasteiger partial charge in [0, 0.05) is 23.2 Å². The van der Waals surface area contributed by atoms with Crippen LogP contribution < -0.4 is 25.4 Å². The predicted molar refractivity (Wildman–Crippen MR) is 133 cm³/mol. The Hall–Kier alpha value is -3.52. The number of hydrogen-bond acceptors (Lipinski definition) is 7. The molecule has 184 valence electrons. The van der Waals surface area contributed by atoms with Gasteiger partial charge in [-0.05, 0) is 42.4 Å². The van der Waals surface area contributed by atoms with Crippen molar-refractivity contribution >= 4 is 11.9 Å². The normalized spacial score (nSPS) is 17.7. The maximum atomic E-state index is 12.5. The van der Waals surface area contributed by atoms with Crippen molar-refractivity contribution in [2.45, 2.75) is 32.4 Å². The molecule has 3 N–H and O–H groups in total. The van der Waals surface area contributed by atoms with E-state index < -0.39 is 12.0 Å². The lowest BCUT2D eigenvalue weighted by molar-refractivity contribution is -0.144. The zero-order valence-corrected chi connectivity index (χ0v) is 20.8. The summed E-state index contributed by atoms with van der Waals surface area (Å²) in [4.78, 5) is 24.9. The van der Waals surface area contributed by atoms with Gasteiger partial charge < -0.3 is 30.2 Å². The second-order valence-electron chi connectivity index (χ2n) is 7.44. The van der Waals surface area contributed by atoms with Crippen molar-refractivity contribution in [3.8, 4) is 22.6 Å². The van der Waals surface area contributed by atoms with Crippen LogP contribution in [0, 0.1) is 0 Å². The summed E-state index contributed by atoms with van der Waals surface area (Å²) in [7, 11) is 6.34. The number of carbonyl (C=O) groups is 2. The summed E-state index contributed by atoms with van der Waals surface area (Å²) in [6.45, 7) is 8.07. The molecule has 0 fully saturated rings. The molecular weight excluding hydrogens is 434 g/mol. The Morgan fingerprint density at radius 3 is 2.24 bits per heavy atom. The average Bonchev–Trinajstić information content (AvgIpc) is 2.87. The van der Waals surface area contributed by atoms with E-state index in [9.17, 15) is 9.59 Å². The summed E-state index contributed by atoms with van der Waals surface area (Å²) in [6, 6.07) is 10.4. The highest BCUT2D eigenvalue weighted by Gasteiger charge is 2.25. The smallest absolute Gasteiger partial charge is 0.328 e. The van der Waals surface area contributed by atoms with Gasteiger partial charge in [0.25, 0.3) is 0 Å². The van der Waals surface area contributed by atoms with Crippen LogP contribution >= 0.6 is 0 Å². The van der Waals surface area contributed by atoms with E-state index in [1.807, 2.05) is 57.3 Å². The lowest BCUT2D eigenvalue weighted by atomic mass is 9.94. The zero-order valence-electron chi connectivity index (χ0n) is 20.8. The van der Waals surface area contributed by atoms with Crippen molar-refractivity contribution in [2.24, 2.45) is 0 Å². The Balaban J connectivity index is 0.00000199. The molecule has 8 nitrogen and oxygen atoms in total. The average molecular weight is 470 g/mol. The summed E-state index contributed by atoms with van der Waals surface area (Å²) < 4.78 is 16.2. The molecule has 1 unspecified atom stereocenters. The van der Waals surface area contributed by atoms with E-state index in [1.165, 1.54) is 7.11 Å². The van der Waals surface area contributed by atoms with Crippen LogP contribution in [0.4, 0.5) is 0 Å². The van der Waals surface area contributed by atoms with E-state index in [1.54, 1.807) is 14.2 Å². The van der Waals surface area contributed by atoms with Crippen LogP contribution in [0.15, 0.2) is 48.7 Å². The van der Waals surface area contributed by atoms with Crippen LogP contribution in [0.2, 0.25) is 0 Å². The van der Waals surface area contributed by atoms with Crippen LogP contribution in [0.3, 0.4) is 0 Å². The maximum Gasteiger partial charge on any atom is 0.328 e. The third-order valence-electron chi connectivity index (χ3n) is 5.48. The summed E-state index contributed by atoms with van der Waals surface area (Å²) in [5.41, 5.74) is 4.05. The van der Waals surface area contributed by atoms with Crippen molar-refractivity contribution in [1.29, 1.82) is 0 Å². The van der Waals surface area contributed by atoms with E-state index in [4.69, 9.17) is 14.2 Å². The predicted octanol–water partition coefficient (Wildman–Crippen LogP) is 2.97.